The number of carbonyl (C=O) groups excluding carboxylic acids is 1. The minimum Gasteiger partial charge on any atom is -0.359 e. The van der Waals surface area contributed by atoms with Crippen molar-refractivity contribution >= 4 is 11.7 Å². The molecule has 1 amide bonds. The zero-order valence-electron chi connectivity index (χ0n) is 15.6. The number of aromatic nitrogens is 4. The van der Waals surface area contributed by atoms with Crippen LogP contribution in [0.5, 0.6) is 0 Å². The number of anilines is 1. The van der Waals surface area contributed by atoms with E-state index in [0.717, 1.165) is 30.0 Å². The summed E-state index contributed by atoms with van der Waals surface area (Å²) in [5.41, 5.74) is 2.02. The molecule has 0 aliphatic heterocycles. The summed E-state index contributed by atoms with van der Waals surface area (Å²) in [6.45, 7) is 3.03. The van der Waals surface area contributed by atoms with Crippen LogP contribution < -0.4 is 10.2 Å². The normalized spacial score (nSPS) is 11.8. The highest BCUT2D eigenvalue weighted by molar-refractivity contribution is 5.79. The van der Waals surface area contributed by atoms with Gasteiger partial charge in [0, 0.05) is 62.6 Å². The average molecular weight is 364 g/mol. The van der Waals surface area contributed by atoms with Crippen molar-refractivity contribution in [3.63, 3.8) is 0 Å². The van der Waals surface area contributed by atoms with Crippen molar-refractivity contribution in [2.75, 3.05) is 18.5 Å². The van der Waals surface area contributed by atoms with Gasteiger partial charge in [0.25, 0.3) is 0 Å². The third-order valence-corrected chi connectivity index (χ3v) is 4.41. The van der Waals surface area contributed by atoms with Crippen LogP contribution in [-0.4, -0.2) is 39.2 Å². The summed E-state index contributed by atoms with van der Waals surface area (Å²) in [6.07, 6.45) is 7.85. The molecule has 3 heterocycles. The number of hydrogen-bond acceptors (Lipinski definition) is 5. The zero-order chi connectivity index (χ0) is 19.1. The summed E-state index contributed by atoms with van der Waals surface area (Å²) in [7, 11) is 2.00. The predicted octanol–water partition coefficient (Wildman–Crippen LogP) is 2.23. The first-order valence-electron chi connectivity index (χ1n) is 8.97. The number of hydrogen-bond donors (Lipinski definition) is 1. The van der Waals surface area contributed by atoms with E-state index >= 15 is 0 Å². The first-order chi connectivity index (χ1) is 13.1. The van der Waals surface area contributed by atoms with E-state index < -0.39 is 0 Å². The highest BCUT2D eigenvalue weighted by atomic mass is 16.2. The summed E-state index contributed by atoms with van der Waals surface area (Å²) >= 11 is 0. The lowest BCUT2D eigenvalue weighted by Crippen LogP contribution is -2.32. The Labute approximate surface area is 159 Å². The molecule has 1 N–H and O–H groups in total. The Bertz CT molecular complexity index is 850. The Morgan fingerprint density at radius 1 is 1.15 bits per heavy atom. The average Bonchev–Trinajstić information content (AvgIpc) is 3.25. The molecule has 0 radical (unpaired) electrons. The van der Waals surface area contributed by atoms with Gasteiger partial charge in [-0.1, -0.05) is 12.1 Å². The fraction of sp³-hybridized carbons (Fsp3) is 0.300. The van der Waals surface area contributed by atoms with Crippen molar-refractivity contribution < 1.29 is 4.79 Å². The van der Waals surface area contributed by atoms with Crippen LogP contribution in [-0.2, 0) is 17.8 Å². The van der Waals surface area contributed by atoms with Gasteiger partial charge in [-0.2, -0.15) is 5.10 Å². The maximum absolute atomic E-state index is 12.4. The molecule has 0 bridgehead atoms. The van der Waals surface area contributed by atoms with Crippen LogP contribution in [0, 0.1) is 0 Å². The molecule has 140 valence electrons. The van der Waals surface area contributed by atoms with E-state index in [9.17, 15) is 4.79 Å². The summed E-state index contributed by atoms with van der Waals surface area (Å²) in [5.74, 6) is 0.783. The first kappa shape index (κ1) is 18.6. The van der Waals surface area contributed by atoms with Gasteiger partial charge >= 0.3 is 0 Å². The number of rotatable bonds is 8. The minimum absolute atomic E-state index is 0.0790. The van der Waals surface area contributed by atoms with Crippen molar-refractivity contribution in [3.05, 3.63) is 72.4 Å². The van der Waals surface area contributed by atoms with Crippen molar-refractivity contribution in [1.82, 2.24) is 25.1 Å². The Hall–Kier alpha value is -3.22. The standard InChI is InChI=1S/C20H24N6O/c1-16(26-13-6-12-24-26)20(27)23-15-17-7-5-11-22-19(17)25(2)14-9-18-8-3-4-10-21-18/h3-8,10-13,16H,9,14-15H2,1-2H3,(H,23,27)/t16-/m0/s1. The van der Waals surface area contributed by atoms with Gasteiger partial charge in [-0.3, -0.25) is 14.5 Å². The van der Waals surface area contributed by atoms with Crippen LogP contribution in [0.25, 0.3) is 0 Å². The maximum atomic E-state index is 12.4. The lowest BCUT2D eigenvalue weighted by Gasteiger charge is -2.21. The molecule has 0 aliphatic carbocycles. The Morgan fingerprint density at radius 2 is 2.00 bits per heavy atom. The highest BCUT2D eigenvalue weighted by Crippen LogP contribution is 2.16. The van der Waals surface area contributed by atoms with Gasteiger partial charge in [0.2, 0.25) is 5.91 Å². The molecule has 0 aliphatic rings. The third-order valence-electron chi connectivity index (χ3n) is 4.41. The second-order valence-electron chi connectivity index (χ2n) is 6.36. The molecule has 1 atom stereocenters. The maximum Gasteiger partial charge on any atom is 0.244 e. The smallest absolute Gasteiger partial charge is 0.244 e. The van der Waals surface area contributed by atoms with E-state index in [1.54, 1.807) is 35.5 Å². The second-order valence-corrected chi connectivity index (χ2v) is 6.36. The molecule has 7 nitrogen and oxygen atoms in total. The van der Waals surface area contributed by atoms with E-state index in [1.807, 2.05) is 44.3 Å². The van der Waals surface area contributed by atoms with Crippen LogP contribution in [0.15, 0.2) is 61.2 Å². The Balaban J connectivity index is 1.60. The number of nitrogens with zero attached hydrogens (tertiary/aromatic N) is 5. The fourth-order valence-corrected chi connectivity index (χ4v) is 2.81. The Morgan fingerprint density at radius 3 is 2.74 bits per heavy atom. The zero-order valence-corrected chi connectivity index (χ0v) is 15.6. The predicted molar refractivity (Wildman–Crippen MR) is 104 cm³/mol. The molecule has 0 spiro atoms. The van der Waals surface area contributed by atoms with Crippen LogP contribution in [0.2, 0.25) is 0 Å². The topological polar surface area (TPSA) is 75.9 Å². The minimum atomic E-state index is -0.359. The summed E-state index contributed by atoms with van der Waals surface area (Å²) in [5, 5.41) is 7.10. The molecule has 7 heteroatoms. The molecule has 0 aromatic carbocycles. The van der Waals surface area contributed by atoms with E-state index in [-0.39, 0.29) is 11.9 Å². The molecule has 3 rings (SSSR count). The molecule has 0 saturated heterocycles. The quantitative estimate of drug-likeness (QED) is 0.663. The van der Waals surface area contributed by atoms with Gasteiger partial charge in [-0.15, -0.1) is 0 Å². The largest absolute Gasteiger partial charge is 0.359 e. The number of likely N-dealkylation sites (N-methyl/N-ethyl adjacent to an activating group) is 1. The third kappa shape index (κ3) is 4.91. The highest BCUT2D eigenvalue weighted by Gasteiger charge is 2.16. The number of amides is 1. The number of pyridine rings is 2. The fourth-order valence-electron chi connectivity index (χ4n) is 2.81. The van der Waals surface area contributed by atoms with Crippen molar-refractivity contribution in [2.24, 2.45) is 0 Å². The van der Waals surface area contributed by atoms with Gasteiger partial charge in [0.15, 0.2) is 0 Å². The van der Waals surface area contributed by atoms with Crippen molar-refractivity contribution in [2.45, 2.75) is 25.9 Å². The molecule has 0 saturated carbocycles. The van der Waals surface area contributed by atoms with Crippen LogP contribution >= 0.6 is 0 Å². The van der Waals surface area contributed by atoms with E-state index in [0.29, 0.717) is 6.54 Å². The van der Waals surface area contributed by atoms with Crippen molar-refractivity contribution in [3.8, 4) is 0 Å². The monoisotopic (exact) mass is 364 g/mol. The number of carbonyl (C=O) groups is 1. The van der Waals surface area contributed by atoms with E-state index in [1.165, 1.54) is 0 Å². The molecular formula is C20H24N6O. The molecule has 0 fully saturated rings. The van der Waals surface area contributed by atoms with Gasteiger partial charge in [0.1, 0.15) is 11.9 Å². The number of nitrogens with one attached hydrogen (secondary N) is 1. The first-order valence-corrected chi connectivity index (χ1v) is 8.97. The lowest BCUT2D eigenvalue weighted by atomic mass is 10.2. The van der Waals surface area contributed by atoms with Crippen molar-refractivity contribution in [1.29, 1.82) is 0 Å². The summed E-state index contributed by atoms with van der Waals surface area (Å²) in [6, 6.07) is 11.2. The van der Waals surface area contributed by atoms with Gasteiger partial charge in [-0.05, 0) is 31.2 Å². The van der Waals surface area contributed by atoms with Crippen LogP contribution in [0.3, 0.4) is 0 Å². The summed E-state index contributed by atoms with van der Waals surface area (Å²) < 4.78 is 1.64. The molecule has 3 aromatic heterocycles. The van der Waals surface area contributed by atoms with Crippen LogP contribution in [0.1, 0.15) is 24.2 Å². The SMILES string of the molecule is C[C@@H](C(=O)NCc1cccnc1N(C)CCc1ccccn1)n1cccn1. The molecule has 3 aromatic rings. The second kappa shape index (κ2) is 8.93. The van der Waals surface area contributed by atoms with Crippen LogP contribution in [0.4, 0.5) is 5.82 Å². The van der Waals surface area contributed by atoms with Gasteiger partial charge in [-0.25, -0.2) is 4.98 Å². The Kier molecular flexibility index (Phi) is 6.14. The van der Waals surface area contributed by atoms with Gasteiger partial charge < -0.3 is 10.2 Å². The molecule has 0 unspecified atom stereocenters. The molecule has 27 heavy (non-hydrogen) atoms. The van der Waals surface area contributed by atoms with E-state index in [2.05, 4.69) is 25.3 Å². The van der Waals surface area contributed by atoms with Gasteiger partial charge in [0.05, 0.1) is 0 Å². The molecular weight excluding hydrogens is 340 g/mol. The van der Waals surface area contributed by atoms with E-state index in [4.69, 9.17) is 0 Å². The lowest BCUT2D eigenvalue weighted by molar-refractivity contribution is -0.124. The summed E-state index contributed by atoms with van der Waals surface area (Å²) in [4.78, 5) is 23.3.